The summed E-state index contributed by atoms with van der Waals surface area (Å²) in [5, 5.41) is 2.95. The van der Waals surface area contributed by atoms with Gasteiger partial charge in [0.05, 0.1) is 5.69 Å². The number of aromatic nitrogens is 1. The van der Waals surface area contributed by atoms with E-state index in [0.717, 1.165) is 26.7 Å². The number of aryl methyl sites for hydroxylation is 1. The molecule has 0 fully saturated rings. The number of nitrogens with one attached hydrogen (secondary N) is 1. The lowest BCUT2D eigenvalue weighted by Gasteiger charge is -2.10. The molecule has 2 aromatic rings. The number of carbonyl (C=O) groups excluding carboxylic acids is 1. The van der Waals surface area contributed by atoms with E-state index in [-0.39, 0.29) is 5.91 Å². The van der Waals surface area contributed by atoms with Crippen molar-refractivity contribution in [1.82, 2.24) is 4.57 Å². The molecule has 0 saturated carbocycles. The molecule has 0 aliphatic rings. The van der Waals surface area contributed by atoms with Gasteiger partial charge in [0.1, 0.15) is 5.69 Å². The van der Waals surface area contributed by atoms with Gasteiger partial charge in [-0.05, 0) is 59.3 Å². The molecule has 5 heteroatoms. The van der Waals surface area contributed by atoms with Gasteiger partial charge in [0.15, 0.2) is 0 Å². The van der Waals surface area contributed by atoms with E-state index in [2.05, 4.69) is 50.8 Å². The molecule has 1 amide bonds. The number of rotatable bonds is 4. The Morgan fingerprint density at radius 3 is 2.95 bits per heavy atom. The Hall–Kier alpha value is -0.820. The summed E-state index contributed by atoms with van der Waals surface area (Å²) < 4.78 is 3.94. The number of nitrogens with zero attached hydrogens (tertiary/aromatic N) is 1. The second-order valence-corrected chi connectivity index (χ2v) is 6.24. The summed E-state index contributed by atoms with van der Waals surface area (Å²) in [5.74, 6) is -0.0746. The molecule has 19 heavy (non-hydrogen) atoms. The first-order valence-corrected chi connectivity index (χ1v) is 7.90. The van der Waals surface area contributed by atoms with Crippen LogP contribution >= 0.6 is 38.5 Å². The molecule has 0 unspecified atom stereocenters. The van der Waals surface area contributed by atoms with E-state index in [4.69, 9.17) is 0 Å². The normalized spacial score (nSPS) is 10.5. The lowest BCUT2D eigenvalue weighted by molar-refractivity contribution is 0.101. The standard InChI is InChI=1S/C14H14BrIN2O/c1-2-7-18-8-3-4-13(18)14(19)17-12-9-10(15)5-6-11(12)16/h3-6,8-9H,2,7H2,1H3,(H,17,19). The SMILES string of the molecule is CCCn1cccc1C(=O)Nc1cc(Br)ccc1I. The van der Waals surface area contributed by atoms with Crippen molar-refractivity contribution in [1.29, 1.82) is 0 Å². The Labute approximate surface area is 134 Å². The average molecular weight is 433 g/mol. The van der Waals surface area contributed by atoms with E-state index in [9.17, 15) is 4.79 Å². The minimum atomic E-state index is -0.0746. The van der Waals surface area contributed by atoms with Gasteiger partial charge in [-0.2, -0.15) is 0 Å². The molecule has 0 saturated heterocycles. The van der Waals surface area contributed by atoms with Gasteiger partial charge < -0.3 is 9.88 Å². The topological polar surface area (TPSA) is 34.0 Å². The van der Waals surface area contributed by atoms with Crippen molar-refractivity contribution in [2.75, 3.05) is 5.32 Å². The highest BCUT2D eigenvalue weighted by Gasteiger charge is 2.12. The quantitative estimate of drug-likeness (QED) is 0.708. The predicted octanol–water partition coefficient (Wildman–Crippen LogP) is 4.52. The second-order valence-electron chi connectivity index (χ2n) is 4.17. The minimum Gasteiger partial charge on any atom is -0.344 e. The summed E-state index contributed by atoms with van der Waals surface area (Å²) in [6.45, 7) is 2.95. The first-order chi connectivity index (χ1) is 9.11. The van der Waals surface area contributed by atoms with E-state index >= 15 is 0 Å². The number of amides is 1. The molecule has 0 aliphatic carbocycles. The van der Waals surface area contributed by atoms with Crippen LogP contribution in [0.2, 0.25) is 0 Å². The summed E-state index contributed by atoms with van der Waals surface area (Å²) >= 11 is 5.63. The fourth-order valence-electron chi connectivity index (χ4n) is 1.84. The molecule has 1 N–H and O–H groups in total. The maximum absolute atomic E-state index is 12.3. The van der Waals surface area contributed by atoms with Crippen LogP contribution in [0.5, 0.6) is 0 Å². The number of benzene rings is 1. The molecule has 0 spiro atoms. The van der Waals surface area contributed by atoms with E-state index < -0.39 is 0 Å². The molecular weight excluding hydrogens is 419 g/mol. The molecule has 0 aliphatic heterocycles. The van der Waals surface area contributed by atoms with E-state index in [1.165, 1.54) is 0 Å². The van der Waals surface area contributed by atoms with Crippen LogP contribution in [-0.2, 0) is 6.54 Å². The zero-order valence-corrected chi connectivity index (χ0v) is 14.2. The lowest BCUT2D eigenvalue weighted by atomic mass is 10.3. The highest BCUT2D eigenvalue weighted by atomic mass is 127. The number of hydrogen-bond donors (Lipinski definition) is 1. The van der Waals surface area contributed by atoms with Gasteiger partial charge in [-0.25, -0.2) is 0 Å². The van der Waals surface area contributed by atoms with Gasteiger partial charge in [-0.15, -0.1) is 0 Å². The van der Waals surface area contributed by atoms with Crippen molar-refractivity contribution in [3.8, 4) is 0 Å². The van der Waals surface area contributed by atoms with Crippen molar-refractivity contribution in [3.63, 3.8) is 0 Å². The molecule has 3 nitrogen and oxygen atoms in total. The van der Waals surface area contributed by atoms with E-state index in [1.807, 2.05) is 41.1 Å². The summed E-state index contributed by atoms with van der Waals surface area (Å²) in [5.41, 5.74) is 1.52. The largest absolute Gasteiger partial charge is 0.344 e. The fourth-order valence-corrected chi connectivity index (χ4v) is 2.67. The number of hydrogen-bond acceptors (Lipinski definition) is 1. The summed E-state index contributed by atoms with van der Waals surface area (Å²) in [6, 6.07) is 9.57. The third-order valence-electron chi connectivity index (χ3n) is 2.70. The highest BCUT2D eigenvalue weighted by molar-refractivity contribution is 14.1. The first kappa shape index (κ1) is 14.6. The van der Waals surface area contributed by atoms with Crippen LogP contribution in [0.3, 0.4) is 0 Å². The Bertz CT molecular complexity index is 595. The molecule has 1 aromatic heterocycles. The zero-order valence-electron chi connectivity index (χ0n) is 10.5. The van der Waals surface area contributed by atoms with E-state index in [0.29, 0.717) is 5.69 Å². The molecule has 100 valence electrons. The van der Waals surface area contributed by atoms with Crippen LogP contribution < -0.4 is 5.32 Å². The molecule has 0 radical (unpaired) electrons. The van der Waals surface area contributed by atoms with Crippen LogP contribution in [0.1, 0.15) is 23.8 Å². The Balaban J connectivity index is 2.21. The summed E-state index contributed by atoms with van der Waals surface area (Å²) in [6.07, 6.45) is 2.94. The number of anilines is 1. The molecule has 0 bridgehead atoms. The van der Waals surface area contributed by atoms with Crippen molar-refractivity contribution >= 4 is 50.1 Å². The van der Waals surface area contributed by atoms with Crippen molar-refractivity contribution in [2.45, 2.75) is 19.9 Å². The van der Waals surface area contributed by atoms with Crippen LogP contribution in [-0.4, -0.2) is 10.5 Å². The van der Waals surface area contributed by atoms with Crippen molar-refractivity contribution in [3.05, 3.63) is 50.3 Å². The van der Waals surface area contributed by atoms with Gasteiger partial charge in [-0.1, -0.05) is 22.9 Å². The van der Waals surface area contributed by atoms with Gasteiger partial charge in [-0.3, -0.25) is 4.79 Å². The second kappa shape index (κ2) is 6.56. The third-order valence-corrected chi connectivity index (χ3v) is 4.14. The van der Waals surface area contributed by atoms with Gasteiger partial charge >= 0.3 is 0 Å². The fraction of sp³-hybridized carbons (Fsp3) is 0.214. The Kier molecular flexibility index (Phi) is 5.04. The molecule has 0 atom stereocenters. The molecule has 1 aromatic carbocycles. The van der Waals surface area contributed by atoms with Crippen LogP contribution in [0, 0.1) is 3.57 Å². The average Bonchev–Trinajstić information content (AvgIpc) is 2.82. The zero-order chi connectivity index (χ0) is 13.8. The van der Waals surface area contributed by atoms with Crippen LogP contribution in [0.25, 0.3) is 0 Å². The van der Waals surface area contributed by atoms with Crippen LogP contribution in [0.15, 0.2) is 41.0 Å². The van der Waals surface area contributed by atoms with Crippen LogP contribution in [0.4, 0.5) is 5.69 Å². The smallest absolute Gasteiger partial charge is 0.272 e. The summed E-state index contributed by atoms with van der Waals surface area (Å²) in [7, 11) is 0. The van der Waals surface area contributed by atoms with E-state index in [1.54, 1.807) is 0 Å². The molecule has 1 heterocycles. The Morgan fingerprint density at radius 2 is 2.21 bits per heavy atom. The van der Waals surface area contributed by atoms with Crippen molar-refractivity contribution < 1.29 is 4.79 Å². The van der Waals surface area contributed by atoms with Crippen molar-refractivity contribution in [2.24, 2.45) is 0 Å². The Morgan fingerprint density at radius 1 is 1.42 bits per heavy atom. The maximum atomic E-state index is 12.3. The number of carbonyl (C=O) groups is 1. The first-order valence-electron chi connectivity index (χ1n) is 6.03. The van der Waals surface area contributed by atoms with Gasteiger partial charge in [0.2, 0.25) is 0 Å². The monoisotopic (exact) mass is 432 g/mol. The predicted molar refractivity (Wildman–Crippen MR) is 89.5 cm³/mol. The van der Waals surface area contributed by atoms with Gasteiger partial charge in [0, 0.05) is 20.8 Å². The minimum absolute atomic E-state index is 0.0746. The summed E-state index contributed by atoms with van der Waals surface area (Å²) in [4.78, 5) is 12.3. The lowest BCUT2D eigenvalue weighted by Crippen LogP contribution is -2.17. The molecular formula is C14H14BrIN2O. The highest BCUT2D eigenvalue weighted by Crippen LogP contribution is 2.23. The maximum Gasteiger partial charge on any atom is 0.272 e. The third kappa shape index (κ3) is 3.60. The van der Waals surface area contributed by atoms with Gasteiger partial charge in [0.25, 0.3) is 5.91 Å². The molecule has 2 rings (SSSR count). The number of halogens is 2.